The molecular formula is C19H21F3N4O. The van der Waals surface area contributed by atoms with Gasteiger partial charge in [-0.15, -0.1) is 0 Å². The van der Waals surface area contributed by atoms with Crippen LogP contribution in [0.15, 0.2) is 24.3 Å². The lowest BCUT2D eigenvalue weighted by Gasteiger charge is -2.35. The first kappa shape index (κ1) is 17.9. The van der Waals surface area contributed by atoms with Crippen LogP contribution in [0.1, 0.15) is 43.6 Å². The number of nitrogens with one attached hydrogen (secondary N) is 2. The number of aromatic nitrogens is 2. The van der Waals surface area contributed by atoms with Crippen molar-refractivity contribution < 1.29 is 18.0 Å². The molecule has 144 valence electrons. The fraction of sp³-hybridized carbons (Fsp3) is 0.474. The van der Waals surface area contributed by atoms with Crippen molar-refractivity contribution in [2.75, 3.05) is 5.32 Å². The highest BCUT2D eigenvalue weighted by molar-refractivity contribution is 5.91. The maximum Gasteiger partial charge on any atom is 0.320 e. The smallest absolute Gasteiger partial charge is 0.320 e. The predicted octanol–water partition coefficient (Wildman–Crippen LogP) is 4.41. The molecule has 4 rings (SSSR count). The van der Waals surface area contributed by atoms with E-state index in [1.807, 2.05) is 0 Å². The van der Waals surface area contributed by atoms with Gasteiger partial charge in [0.05, 0.1) is 5.69 Å². The molecule has 0 radical (unpaired) electrons. The van der Waals surface area contributed by atoms with E-state index < -0.39 is 18.0 Å². The molecule has 2 saturated carbocycles. The van der Waals surface area contributed by atoms with Gasteiger partial charge in [0.25, 0.3) is 5.92 Å². The molecule has 2 aliphatic rings. The second-order valence-electron chi connectivity index (χ2n) is 7.43. The average molecular weight is 378 g/mol. The Kier molecular flexibility index (Phi) is 4.36. The molecule has 1 aromatic carbocycles. The van der Waals surface area contributed by atoms with Crippen molar-refractivity contribution in [3.8, 4) is 11.3 Å². The van der Waals surface area contributed by atoms with Crippen molar-refractivity contribution in [2.24, 2.45) is 7.05 Å². The molecule has 5 nitrogen and oxygen atoms in total. The SMILES string of the molecule is Cn1nc(NC(=O)NC2CC(F)(F)C2)c(C2CCC2)c1-c1ccc(F)cc1. The molecule has 0 bridgehead atoms. The predicted molar refractivity (Wildman–Crippen MR) is 95.3 cm³/mol. The molecule has 0 saturated heterocycles. The summed E-state index contributed by atoms with van der Waals surface area (Å²) in [5.74, 6) is -2.30. The summed E-state index contributed by atoms with van der Waals surface area (Å²) in [5.41, 5.74) is 2.58. The molecule has 2 fully saturated rings. The lowest BCUT2D eigenvalue weighted by Crippen LogP contribution is -2.51. The van der Waals surface area contributed by atoms with Gasteiger partial charge in [-0.05, 0) is 43.0 Å². The van der Waals surface area contributed by atoms with E-state index in [2.05, 4.69) is 15.7 Å². The Labute approximate surface area is 154 Å². The minimum Gasteiger partial charge on any atom is -0.335 e. The van der Waals surface area contributed by atoms with Crippen LogP contribution >= 0.6 is 0 Å². The van der Waals surface area contributed by atoms with Crippen molar-refractivity contribution >= 4 is 11.8 Å². The van der Waals surface area contributed by atoms with Crippen LogP contribution in [0.3, 0.4) is 0 Å². The Balaban J connectivity index is 1.58. The molecule has 0 aliphatic heterocycles. The van der Waals surface area contributed by atoms with E-state index in [-0.39, 0.29) is 24.6 Å². The number of aryl methyl sites for hydroxylation is 1. The molecule has 27 heavy (non-hydrogen) atoms. The number of carbonyl (C=O) groups is 1. The number of anilines is 1. The van der Waals surface area contributed by atoms with Crippen molar-refractivity contribution in [3.63, 3.8) is 0 Å². The molecule has 2 amide bonds. The zero-order valence-electron chi connectivity index (χ0n) is 14.9. The van der Waals surface area contributed by atoms with Crippen molar-refractivity contribution in [2.45, 2.75) is 50.0 Å². The molecule has 0 spiro atoms. The molecule has 1 heterocycles. The topological polar surface area (TPSA) is 59.0 Å². The number of hydrogen-bond acceptors (Lipinski definition) is 2. The minimum atomic E-state index is -2.68. The van der Waals surface area contributed by atoms with E-state index in [1.54, 1.807) is 23.9 Å². The highest BCUT2D eigenvalue weighted by Crippen LogP contribution is 2.44. The van der Waals surface area contributed by atoms with Gasteiger partial charge in [0.1, 0.15) is 5.82 Å². The lowest BCUT2D eigenvalue weighted by atomic mass is 9.79. The number of benzene rings is 1. The van der Waals surface area contributed by atoms with E-state index >= 15 is 0 Å². The largest absolute Gasteiger partial charge is 0.335 e. The number of rotatable bonds is 4. The normalized spacial score (nSPS) is 19.3. The van der Waals surface area contributed by atoms with Gasteiger partial charge in [-0.1, -0.05) is 6.42 Å². The zero-order valence-corrected chi connectivity index (χ0v) is 14.9. The molecule has 2 aliphatic carbocycles. The Bertz CT molecular complexity index is 851. The van der Waals surface area contributed by atoms with Gasteiger partial charge >= 0.3 is 6.03 Å². The summed E-state index contributed by atoms with van der Waals surface area (Å²) in [7, 11) is 1.77. The summed E-state index contributed by atoms with van der Waals surface area (Å²) in [6.07, 6.45) is 2.42. The van der Waals surface area contributed by atoms with Gasteiger partial charge in [-0.3, -0.25) is 10.00 Å². The second-order valence-corrected chi connectivity index (χ2v) is 7.43. The van der Waals surface area contributed by atoms with Crippen molar-refractivity contribution in [1.29, 1.82) is 0 Å². The second kappa shape index (κ2) is 6.58. The Morgan fingerprint density at radius 1 is 1.22 bits per heavy atom. The Morgan fingerprint density at radius 3 is 2.44 bits per heavy atom. The number of carbonyl (C=O) groups excluding carboxylic acids is 1. The minimum absolute atomic E-state index is 0.266. The highest BCUT2D eigenvalue weighted by Gasteiger charge is 2.46. The van der Waals surface area contributed by atoms with Gasteiger partial charge in [0.15, 0.2) is 5.82 Å². The standard InChI is InChI=1S/C19H21F3N4O/c1-26-16(12-5-7-13(20)8-6-12)15(11-3-2-4-11)17(25-26)24-18(27)23-14-9-19(21,22)10-14/h5-8,11,14H,2-4,9-10H2,1H3,(H2,23,24,25,27). The molecule has 8 heteroatoms. The first-order chi connectivity index (χ1) is 12.8. The average Bonchev–Trinajstić information content (AvgIpc) is 2.81. The summed E-state index contributed by atoms with van der Waals surface area (Å²) in [6, 6.07) is 5.11. The monoisotopic (exact) mass is 378 g/mol. The van der Waals surface area contributed by atoms with Gasteiger partial charge < -0.3 is 5.32 Å². The summed E-state index contributed by atoms with van der Waals surface area (Å²) in [5, 5.41) is 9.73. The van der Waals surface area contributed by atoms with E-state index in [0.717, 1.165) is 36.1 Å². The fourth-order valence-corrected chi connectivity index (χ4v) is 3.76. The van der Waals surface area contributed by atoms with Gasteiger partial charge in [-0.2, -0.15) is 5.10 Å². The van der Waals surface area contributed by atoms with E-state index in [4.69, 9.17) is 0 Å². The lowest BCUT2D eigenvalue weighted by molar-refractivity contribution is -0.0893. The fourth-order valence-electron chi connectivity index (χ4n) is 3.76. The van der Waals surface area contributed by atoms with E-state index in [0.29, 0.717) is 5.82 Å². The Hall–Kier alpha value is -2.51. The number of alkyl halides is 2. The highest BCUT2D eigenvalue weighted by atomic mass is 19.3. The van der Waals surface area contributed by atoms with Crippen LogP contribution in [-0.4, -0.2) is 27.8 Å². The summed E-state index contributed by atoms with van der Waals surface area (Å²) < 4.78 is 40.9. The molecule has 0 unspecified atom stereocenters. The third-order valence-corrected chi connectivity index (χ3v) is 5.37. The summed E-state index contributed by atoms with van der Waals surface area (Å²) in [4.78, 5) is 12.2. The van der Waals surface area contributed by atoms with Crippen LogP contribution in [0.5, 0.6) is 0 Å². The molecule has 0 atom stereocenters. The van der Waals surface area contributed by atoms with Crippen molar-refractivity contribution in [1.82, 2.24) is 15.1 Å². The molecule has 2 aromatic rings. The van der Waals surface area contributed by atoms with Crippen LogP contribution in [0.25, 0.3) is 11.3 Å². The number of nitrogens with zero attached hydrogens (tertiary/aromatic N) is 2. The number of amides is 2. The number of halogens is 3. The van der Waals surface area contributed by atoms with Crippen LogP contribution in [0, 0.1) is 5.82 Å². The maximum atomic E-state index is 13.3. The number of urea groups is 1. The van der Waals surface area contributed by atoms with E-state index in [9.17, 15) is 18.0 Å². The van der Waals surface area contributed by atoms with Crippen molar-refractivity contribution in [3.05, 3.63) is 35.6 Å². The molecular weight excluding hydrogens is 357 g/mol. The molecule has 1 aromatic heterocycles. The first-order valence-electron chi connectivity index (χ1n) is 9.10. The summed E-state index contributed by atoms with van der Waals surface area (Å²) in [6.45, 7) is 0. The number of hydrogen-bond donors (Lipinski definition) is 2. The van der Waals surface area contributed by atoms with Crippen LogP contribution in [0.2, 0.25) is 0 Å². The van der Waals surface area contributed by atoms with Crippen LogP contribution < -0.4 is 10.6 Å². The van der Waals surface area contributed by atoms with E-state index in [1.165, 1.54) is 12.1 Å². The zero-order chi connectivity index (χ0) is 19.2. The third kappa shape index (κ3) is 3.52. The molecule has 2 N–H and O–H groups in total. The Morgan fingerprint density at radius 2 is 1.89 bits per heavy atom. The van der Waals surface area contributed by atoms with Gasteiger partial charge in [0.2, 0.25) is 0 Å². The van der Waals surface area contributed by atoms with Crippen LogP contribution in [-0.2, 0) is 7.05 Å². The summed E-state index contributed by atoms with van der Waals surface area (Å²) >= 11 is 0. The van der Waals surface area contributed by atoms with Gasteiger partial charge in [0, 0.05) is 37.1 Å². The first-order valence-corrected chi connectivity index (χ1v) is 9.10. The van der Waals surface area contributed by atoms with Crippen LogP contribution in [0.4, 0.5) is 23.8 Å². The van der Waals surface area contributed by atoms with Gasteiger partial charge in [-0.25, -0.2) is 18.0 Å². The third-order valence-electron chi connectivity index (χ3n) is 5.37. The quantitative estimate of drug-likeness (QED) is 0.828. The maximum absolute atomic E-state index is 13.3.